The smallest absolute Gasteiger partial charge is 0.0616 e. The van der Waals surface area contributed by atoms with E-state index in [0.717, 1.165) is 44.9 Å². The summed E-state index contributed by atoms with van der Waals surface area (Å²) in [4.78, 5) is 0. The first-order chi connectivity index (χ1) is 7.36. The molecule has 2 N–H and O–H groups in total. The van der Waals surface area contributed by atoms with E-state index < -0.39 is 0 Å². The summed E-state index contributed by atoms with van der Waals surface area (Å²) in [5.74, 6) is 0.719. The largest absolute Gasteiger partial charge is 0.396 e. The van der Waals surface area contributed by atoms with Crippen LogP contribution in [0.15, 0.2) is 0 Å². The van der Waals surface area contributed by atoms with Crippen LogP contribution in [0.3, 0.4) is 0 Å². The highest BCUT2D eigenvalue weighted by Crippen LogP contribution is 2.13. The van der Waals surface area contributed by atoms with Gasteiger partial charge in [0.15, 0.2) is 0 Å². The Labute approximate surface area is 92.0 Å². The molecule has 1 saturated heterocycles. The van der Waals surface area contributed by atoms with E-state index in [1.807, 2.05) is 0 Å². The quantitative estimate of drug-likeness (QED) is 0.648. The zero-order valence-electron chi connectivity index (χ0n) is 9.58. The van der Waals surface area contributed by atoms with Gasteiger partial charge < -0.3 is 19.9 Å². The van der Waals surface area contributed by atoms with Gasteiger partial charge in [-0.2, -0.15) is 0 Å². The van der Waals surface area contributed by atoms with Crippen LogP contribution in [0.4, 0.5) is 0 Å². The molecule has 1 fully saturated rings. The van der Waals surface area contributed by atoms with E-state index in [1.54, 1.807) is 7.11 Å². The van der Waals surface area contributed by atoms with E-state index >= 15 is 0 Å². The zero-order chi connectivity index (χ0) is 10.9. The van der Waals surface area contributed by atoms with Crippen LogP contribution in [0.1, 0.15) is 19.3 Å². The molecule has 0 amide bonds. The van der Waals surface area contributed by atoms with E-state index in [0.29, 0.717) is 6.61 Å². The molecule has 0 aromatic carbocycles. The van der Waals surface area contributed by atoms with E-state index in [1.165, 1.54) is 0 Å². The second-order valence-corrected chi connectivity index (χ2v) is 4.13. The number of rotatable bonds is 7. The van der Waals surface area contributed by atoms with E-state index in [9.17, 15) is 0 Å². The molecule has 0 aliphatic carbocycles. The maximum Gasteiger partial charge on any atom is 0.0616 e. The van der Waals surface area contributed by atoms with Crippen LogP contribution in [0.2, 0.25) is 0 Å². The second-order valence-electron chi connectivity index (χ2n) is 4.13. The molecule has 0 spiro atoms. The van der Waals surface area contributed by atoms with Gasteiger partial charge in [-0.3, -0.25) is 0 Å². The molecule has 0 saturated carbocycles. The zero-order valence-corrected chi connectivity index (χ0v) is 9.58. The van der Waals surface area contributed by atoms with Gasteiger partial charge in [0.25, 0.3) is 0 Å². The van der Waals surface area contributed by atoms with Crippen molar-refractivity contribution in [2.45, 2.75) is 25.3 Å². The molecule has 1 atom stereocenters. The predicted molar refractivity (Wildman–Crippen MR) is 58.9 cm³/mol. The van der Waals surface area contributed by atoms with Crippen molar-refractivity contribution in [3.8, 4) is 0 Å². The average molecular weight is 217 g/mol. The number of aliphatic hydroxyl groups excluding tert-OH is 1. The van der Waals surface area contributed by atoms with Crippen molar-refractivity contribution in [3.63, 3.8) is 0 Å². The SMILES string of the molecule is COCC(CCO)NCC1CCOCC1. The lowest BCUT2D eigenvalue weighted by molar-refractivity contribution is 0.0630. The minimum atomic E-state index is 0.217. The van der Waals surface area contributed by atoms with Crippen LogP contribution in [0.25, 0.3) is 0 Å². The Bertz CT molecular complexity index is 143. The second kappa shape index (κ2) is 8.05. The highest BCUT2D eigenvalue weighted by Gasteiger charge is 2.15. The molecule has 0 aromatic heterocycles. The van der Waals surface area contributed by atoms with Crippen molar-refractivity contribution < 1.29 is 14.6 Å². The third kappa shape index (κ3) is 5.47. The number of methoxy groups -OCH3 is 1. The molecule has 15 heavy (non-hydrogen) atoms. The standard InChI is InChI=1S/C11H23NO3/c1-14-9-11(2-5-13)12-8-10-3-6-15-7-4-10/h10-13H,2-9H2,1H3. The summed E-state index contributed by atoms with van der Waals surface area (Å²) in [7, 11) is 1.69. The lowest BCUT2D eigenvalue weighted by Gasteiger charge is -2.25. The van der Waals surface area contributed by atoms with Gasteiger partial charge in [0.2, 0.25) is 0 Å². The van der Waals surface area contributed by atoms with Crippen molar-refractivity contribution in [3.05, 3.63) is 0 Å². The van der Waals surface area contributed by atoms with Gasteiger partial charge in [0.1, 0.15) is 0 Å². The summed E-state index contributed by atoms with van der Waals surface area (Å²) >= 11 is 0. The Kier molecular flexibility index (Phi) is 6.92. The van der Waals surface area contributed by atoms with Gasteiger partial charge in [-0.05, 0) is 31.7 Å². The molecular weight excluding hydrogens is 194 g/mol. The number of ether oxygens (including phenoxy) is 2. The summed E-state index contributed by atoms with van der Waals surface area (Å²) in [6.45, 7) is 3.68. The fourth-order valence-electron chi connectivity index (χ4n) is 1.89. The first-order valence-electron chi connectivity index (χ1n) is 5.77. The van der Waals surface area contributed by atoms with Crippen molar-refractivity contribution in [2.75, 3.05) is 40.1 Å². The van der Waals surface area contributed by atoms with Crippen LogP contribution in [0.5, 0.6) is 0 Å². The van der Waals surface area contributed by atoms with Crippen LogP contribution in [-0.4, -0.2) is 51.2 Å². The molecule has 1 aliphatic rings. The summed E-state index contributed by atoms with van der Waals surface area (Å²) < 4.78 is 10.4. The van der Waals surface area contributed by atoms with Crippen LogP contribution in [-0.2, 0) is 9.47 Å². The fourth-order valence-corrected chi connectivity index (χ4v) is 1.89. The Morgan fingerprint density at radius 1 is 1.47 bits per heavy atom. The van der Waals surface area contributed by atoms with Crippen molar-refractivity contribution in [2.24, 2.45) is 5.92 Å². The molecule has 4 nitrogen and oxygen atoms in total. The Hall–Kier alpha value is -0.160. The Balaban J connectivity index is 2.13. The van der Waals surface area contributed by atoms with E-state index in [-0.39, 0.29) is 12.6 Å². The molecule has 1 rings (SSSR count). The molecule has 1 aliphatic heterocycles. The lowest BCUT2D eigenvalue weighted by Crippen LogP contribution is -2.38. The molecular formula is C11H23NO3. The maximum absolute atomic E-state index is 8.88. The third-order valence-corrected chi connectivity index (χ3v) is 2.88. The molecule has 0 radical (unpaired) electrons. The fraction of sp³-hybridized carbons (Fsp3) is 1.00. The van der Waals surface area contributed by atoms with Gasteiger partial charge in [-0.25, -0.2) is 0 Å². The minimum Gasteiger partial charge on any atom is -0.396 e. The minimum absolute atomic E-state index is 0.217. The highest BCUT2D eigenvalue weighted by atomic mass is 16.5. The van der Waals surface area contributed by atoms with Crippen LogP contribution in [0, 0.1) is 5.92 Å². The molecule has 0 aromatic rings. The van der Waals surface area contributed by atoms with Gasteiger partial charge >= 0.3 is 0 Å². The number of aliphatic hydroxyl groups is 1. The maximum atomic E-state index is 8.88. The molecule has 90 valence electrons. The van der Waals surface area contributed by atoms with Crippen molar-refractivity contribution >= 4 is 0 Å². The molecule has 4 heteroatoms. The molecule has 0 bridgehead atoms. The monoisotopic (exact) mass is 217 g/mol. The highest BCUT2D eigenvalue weighted by molar-refractivity contribution is 4.71. The van der Waals surface area contributed by atoms with Gasteiger partial charge in [-0.15, -0.1) is 0 Å². The number of hydrogen-bond acceptors (Lipinski definition) is 4. The Morgan fingerprint density at radius 2 is 2.20 bits per heavy atom. The number of nitrogens with one attached hydrogen (secondary N) is 1. The third-order valence-electron chi connectivity index (χ3n) is 2.88. The summed E-state index contributed by atoms with van der Waals surface area (Å²) in [5.41, 5.74) is 0. The van der Waals surface area contributed by atoms with Crippen molar-refractivity contribution in [1.29, 1.82) is 0 Å². The predicted octanol–water partition coefficient (Wildman–Crippen LogP) is 0.400. The molecule has 1 unspecified atom stereocenters. The topological polar surface area (TPSA) is 50.7 Å². The summed E-state index contributed by atoms with van der Waals surface area (Å²) in [6.07, 6.45) is 3.05. The summed E-state index contributed by atoms with van der Waals surface area (Å²) in [6, 6.07) is 0.280. The van der Waals surface area contributed by atoms with Crippen LogP contribution >= 0.6 is 0 Å². The van der Waals surface area contributed by atoms with Gasteiger partial charge in [0.05, 0.1) is 6.61 Å². The van der Waals surface area contributed by atoms with Crippen molar-refractivity contribution in [1.82, 2.24) is 5.32 Å². The normalized spacial score (nSPS) is 20.4. The summed E-state index contributed by atoms with van der Waals surface area (Å²) in [5, 5.41) is 12.3. The number of hydrogen-bond donors (Lipinski definition) is 2. The van der Waals surface area contributed by atoms with E-state index in [2.05, 4.69) is 5.32 Å². The van der Waals surface area contributed by atoms with Gasteiger partial charge in [-0.1, -0.05) is 0 Å². The first kappa shape index (κ1) is 12.9. The van der Waals surface area contributed by atoms with E-state index in [4.69, 9.17) is 14.6 Å². The average Bonchev–Trinajstić information content (AvgIpc) is 2.28. The van der Waals surface area contributed by atoms with Gasteiger partial charge in [0, 0.05) is 33.0 Å². The Morgan fingerprint density at radius 3 is 2.80 bits per heavy atom. The van der Waals surface area contributed by atoms with Crippen LogP contribution < -0.4 is 5.32 Å². The lowest BCUT2D eigenvalue weighted by atomic mass is 10.00. The molecule has 1 heterocycles. The first-order valence-corrected chi connectivity index (χ1v) is 5.77.